The summed E-state index contributed by atoms with van der Waals surface area (Å²) in [6.07, 6.45) is 12.9. The van der Waals surface area contributed by atoms with Crippen LogP contribution in [-0.2, 0) is 22.6 Å². The third kappa shape index (κ3) is 9.97. The van der Waals surface area contributed by atoms with Crippen LogP contribution in [0.4, 0.5) is 8.78 Å². The van der Waals surface area contributed by atoms with Crippen LogP contribution in [0.1, 0.15) is 91.6 Å². The zero-order valence-corrected chi connectivity index (χ0v) is 22.1. The van der Waals surface area contributed by atoms with Crippen molar-refractivity contribution < 1.29 is 27.7 Å². The van der Waals surface area contributed by atoms with E-state index in [9.17, 15) is 18.4 Å². The number of alkyl halides is 2. The predicted octanol–water partition coefficient (Wildman–Crippen LogP) is 3.90. The van der Waals surface area contributed by atoms with Crippen LogP contribution in [0.3, 0.4) is 0 Å². The van der Waals surface area contributed by atoms with Crippen molar-refractivity contribution >= 4 is 17.5 Å². The molecular weight excluding hydrogens is 512 g/mol. The summed E-state index contributed by atoms with van der Waals surface area (Å²) in [6.45, 7) is 2.26. The molecule has 3 aliphatic carbocycles. The first-order valence-corrected chi connectivity index (χ1v) is 13.5. The number of nitrogens with one attached hydrogen (secondary N) is 2. The van der Waals surface area contributed by atoms with Crippen LogP contribution >= 0.6 is 0 Å². The number of nitrogens with zero attached hydrogens (tertiary/aromatic N) is 5. The number of rotatable bonds is 8. The highest BCUT2D eigenvalue weighted by Crippen LogP contribution is 2.32. The summed E-state index contributed by atoms with van der Waals surface area (Å²) in [5.74, 6) is -2.87. The molecule has 212 valence electrons. The molecule has 13 heteroatoms. The van der Waals surface area contributed by atoms with Crippen LogP contribution in [0, 0.1) is 6.92 Å². The highest BCUT2D eigenvalue weighted by Gasteiger charge is 2.30. The Morgan fingerprint density at radius 3 is 2.38 bits per heavy atom. The zero-order chi connectivity index (χ0) is 27.7. The molecule has 3 aliphatic rings. The predicted molar refractivity (Wildman–Crippen MR) is 136 cm³/mol. The lowest BCUT2D eigenvalue weighted by Crippen LogP contribution is -2.27. The number of aromatic nitrogens is 5. The molecule has 0 atom stereocenters. The molecule has 0 radical (unpaired) electrons. The Morgan fingerprint density at radius 2 is 1.79 bits per heavy atom. The Balaban J connectivity index is 0.000000265. The number of fused-ring (bicyclic) bond motifs is 1. The van der Waals surface area contributed by atoms with Crippen molar-refractivity contribution in [1.29, 1.82) is 0 Å². The highest BCUT2D eigenvalue weighted by atomic mass is 19.3. The number of halogens is 2. The average molecular weight is 548 g/mol. The molecule has 3 aromatic rings. The molecule has 11 nitrogen and oxygen atoms in total. The normalized spacial score (nSPS) is 17.3. The first kappa shape index (κ1) is 28.5. The Kier molecular flexibility index (Phi) is 9.90. The number of imidazole rings is 1. The van der Waals surface area contributed by atoms with Gasteiger partial charge in [-0.05, 0) is 49.4 Å². The lowest BCUT2D eigenvalue weighted by molar-refractivity contribution is -0.126. The van der Waals surface area contributed by atoms with Crippen molar-refractivity contribution in [2.45, 2.75) is 96.2 Å². The number of hydrogen-bond donors (Lipinski definition) is 2. The van der Waals surface area contributed by atoms with Gasteiger partial charge in [-0.15, -0.1) is 0 Å². The Hall–Kier alpha value is -3.48. The molecule has 0 unspecified atom stereocenters. The second-order valence-electron chi connectivity index (χ2n) is 10.0. The number of amides is 2. The average Bonchev–Trinajstić information content (AvgIpc) is 3.86. The van der Waals surface area contributed by atoms with E-state index in [0.717, 1.165) is 24.8 Å². The summed E-state index contributed by atoms with van der Waals surface area (Å²) >= 11 is 0. The van der Waals surface area contributed by atoms with E-state index in [1.807, 2.05) is 6.07 Å². The molecule has 3 saturated carbocycles. The van der Waals surface area contributed by atoms with E-state index in [1.165, 1.54) is 19.3 Å². The number of hydrogen-bond acceptors (Lipinski definition) is 8. The second-order valence-corrected chi connectivity index (χ2v) is 10.0. The van der Waals surface area contributed by atoms with E-state index in [2.05, 4.69) is 35.7 Å². The zero-order valence-electron chi connectivity index (χ0n) is 22.1. The third-order valence-electron chi connectivity index (χ3n) is 6.13. The smallest absolute Gasteiger partial charge is 0.275 e. The fraction of sp³-hybridized carbons (Fsp3) is 0.615. The molecule has 2 amide bonds. The largest absolute Gasteiger partial charge is 0.368 e. The summed E-state index contributed by atoms with van der Waals surface area (Å²) in [5, 5.41) is 16.9. The molecule has 3 aromatic heterocycles. The van der Waals surface area contributed by atoms with Crippen LogP contribution < -0.4 is 10.6 Å². The lowest BCUT2D eigenvalue weighted by atomic mass is 9.97. The Labute approximate surface area is 225 Å². The summed E-state index contributed by atoms with van der Waals surface area (Å²) in [5.41, 5.74) is 2.63. The fourth-order valence-corrected chi connectivity index (χ4v) is 3.59. The van der Waals surface area contributed by atoms with Gasteiger partial charge >= 0.3 is 0 Å². The first-order chi connectivity index (χ1) is 18.8. The monoisotopic (exact) mass is 547 g/mol. The molecular formula is C26H35F2N7O4. The Morgan fingerprint density at radius 1 is 1.08 bits per heavy atom. The molecule has 0 aliphatic heterocycles. The van der Waals surface area contributed by atoms with Gasteiger partial charge in [0.25, 0.3) is 5.91 Å². The molecule has 3 heterocycles. The molecule has 0 bridgehead atoms. The van der Waals surface area contributed by atoms with E-state index >= 15 is 0 Å². The Bertz CT molecular complexity index is 1230. The van der Waals surface area contributed by atoms with Gasteiger partial charge in [0.15, 0.2) is 11.3 Å². The minimum Gasteiger partial charge on any atom is -0.368 e. The van der Waals surface area contributed by atoms with Gasteiger partial charge in [0.05, 0.1) is 30.7 Å². The third-order valence-corrected chi connectivity index (χ3v) is 6.13. The maximum atomic E-state index is 12.2. The van der Waals surface area contributed by atoms with Gasteiger partial charge in [0, 0.05) is 19.4 Å². The number of ether oxygens (including phenoxy) is 1. The van der Waals surface area contributed by atoms with Crippen LogP contribution in [0.15, 0.2) is 23.1 Å². The van der Waals surface area contributed by atoms with Crippen LogP contribution in [0.2, 0.25) is 0 Å². The van der Waals surface area contributed by atoms with E-state index < -0.39 is 5.92 Å². The number of carbonyl (C=O) groups excluding carboxylic acids is 2. The van der Waals surface area contributed by atoms with Crippen molar-refractivity contribution in [3.8, 4) is 0 Å². The van der Waals surface area contributed by atoms with Crippen LogP contribution in [-0.4, -0.2) is 55.4 Å². The van der Waals surface area contributed by atoms with Crippen LogP contribution in [0.5, 0.6) is 0 Å². The van der Waals surface area contributed by atoms with Gasteiger partial charge in [0.2, 0.25) is 11.8 Å². The minimum atomic E-state index is -2.32. The summed E-state index contributed by atoms with van der Waals surface area (Å²) in [4.78, 5) is 28.2. The molecule has 39 heavy (non-hydrogen) atoms. The SMILES string of the molecule is C1CC1.Cc1nonc1C(=O)NCc1cn2ncc(CNC(=O)COC3CC3)cc2n1.FC1(F)CCCCC1. The van der Waals surface area contributed by atoms with Crippen molar-refractivity contribution in [2.24, 2.45) is 0 Å². The molecule has 0 aromatic carbocycles. The van der Waals surface area contributed by atoms with Gasteiger partial charge in [-0.25, -0.2) is 22.9 Å². The van der Waals surface area contributed by atoms with Gasteiger partial charge in [0.1, 0.15) is 12.3 Å². The van der Waals surface area contributed by atoms with Crippen molar-refractivity contribution in [3.05, 3.63) is 41.1 Å². The minimum absolute atomic E-state index is 0.0775. The van der Waals surface area contributed by atoms with Crippen molar-refractivity contribution in [1.82, 2.24) is 35.5 Å². The quantitative estimate of drug-likeness (QED) is 0.433. The first-order valence-electron chi connectivity index (χ1n) is 13.5. The highest BCUT2D eigenvalue weighted by molar-refractivity contribution is 5.92. The fourth-order valence-electron chi connectivity index (χ4n) is 3.59. The maximum absolute atomic E-state index is 12.2. The van der Waals surface area contributed by atoms with Gasteiger partial charge in [-0.3, -0.25) is 9.59 Å². The number of aryl methyl sites for hydroxylation is 1. The standard InChI is InChI=1S/C17H19N7O4.C6H10F2.C3H6/c1-10-16(23-28-22-10)17(26)19-7-12-8-24-14(21-12)4-11(6-20-24)5-18-15(25)9-27-13-2-3-13;7-6(8)4-2-1-3-5-6;1-2-3-1/h4,6,8,13H,2-3,5,7,9H2,1H3,(H,18,25)(H,19,26);1-5H2;1-3H2. The molecule has 3 fully saturated rings. The topological polar surface area (TPSA) is 137 Å². The summed E-state index contributed by atoms with van der Waals surface area (Å²) in [7, 11) is 0. The van der Waals surface area contributed by atoms with Gasteiger partial charge in [-0.1, -0.05) is 30.8 Å². The van der Waals surface area contributed by atoms with Crippen molar-refractivity contribution in [3.63, 3.8) is 0 Å². The lowest BCUT2D eigenvalue weighted by Gasteiger charge is -2.20. The molecule has 2 N–H and O–H groups in total. The van der Waals surface area contributed by atoms with Crippen molar-refractivity contribution in [2.75, 3.05) is 6.61 Å². The van der Waals surface area contributed by atoms with Gasteiger partial charge < -0.3 is 15.4 Å². The van der Waals surface area contributed by atoms with E-state index in [0.29, 0.717) is 36.4 Å². The maximum Gasteiger partial charge on any atom is 0.275 e. The summed E-state index contributed by atoms with van der Waals surface area (Å²) in [6, 6.07) is 1.83. The molecule has 0 saturated heterocycles. The number of carbonyl (C=O) groups is 2. The van der Waals surface area contributed by atoms with E-state index in [-0.39, 0.29) is 49.6 Å². The van der Waals surface area contributed by atoms with Crippen LogP contribution in [0.25, 0.3) is 5.65 Å². The second kappa shape index (κ2) is 13.5. The van der Waals surface area contributed by atoms with Gasteiger partial charge in [-0.2, -0.15) is 5.10 Å². The summed E-state index contributed by atoms with van der Waals surface area (Å²) < 4.78 is 35.9. The van der Waals surface area contributed by atoms with E-state index in [1.54, 1.807) is 23.8 Å². The molecule has 0 spiro atoms. The van der Waals surface area contributed by atoms with E-state index in [4.69, 9.17) is 4.74 Å². The molecule has 6 rings (SSSR count).